The maximum absolute atomic E-state index is 6.18. The minimum absolute atomic E-state index is 0.516. The quantitative estimate of drug-likeness (QED) is 0.163. The number of nitrogens with zero attached hydrogens (tertiary/aromatic N) is 6. The number of hydrogen-bond acceptors (Lipinski definition) is 7. The molecule has 0 aliphatic heterocycles. The molecule has 0 spiro atoms. The maximum Gasteiger partial charge on any atom is 0.164 e. The highest BCUT2D eigenvalue weighted by Gasteiger charge is 2.19. The van der Waals surface area contributed by atoms with Crippen molar-refractivity contribution in [1.82, 2.24) is 29.9 Å². The topological polar surface area (TPSA) is 90.5 Å². The van der Waals surface area contributed by atoms with E-state index >= 15 is 0 Å². The SMILES string of the molecule is c1ccc(-c2nc(-c3ccccc3)nc(-c3ccccc3-c3nc(-c4ccccc4)nc(-c4ccc(-c5ccc6c(c5)oc5ccccc56)cc4)n3)n2)cc1. The third kappa shape index (κ3) is 6.19. The van der Waals surface area contributed by atoms with Crippen LogP contribution in [-0.2, 0) is 0 Å². The zero-order valence-corrected chi connectivity index (χ0v) is 29.4. The van der Waals surface area contributed by atoms with Crippen LogP contribution in [0.2, 0.25) is 0 Å². The summed E-state index contributed by atoms with van der Waals surface area (Å²) < 4.78 is 6.18. The highest BCUT2D eigenvalue weighted by molar-refractivity contribution is 6.05. The Hall–Kier alpha value is -7.64. The predicted molar refractivity (Wildman–Crippen MR) is 219 cm³/mol. The van der Waals surface area contributed by atoms with Crippen molar-refractivity contribution in [3.63, 3.8) is 0 Å². The first-order valence-electron chi connectivity index (χ1n) is 18.0. The molecule has 3 aromatic heterocycles. The molecule has 0 unspecified atom stereocenters. The van der Waals surface area contributed by atoms with Gasteiger partial charge in [0.25, 0.3) is 0 Å². The second-order valence-electron chi connectivity index (χ2n) is 13.1. The first-order valence-corrected chi connectivity index (χ1v) is 18.0. The molecule has 0 aliphatic carbocycles. The van der Waals surface area contributed by atoms with E-state index in [0.29, 0.717) is 34.9 Å². The van der Waals surface area contributed by atoms with E-state index < -0.39 is 0 Å². The molecule has 258 valence electrons. The average Bonchev–Trinajstić information content (AvgIpc) is 3.65. The molecule has 7 aromatic carbocycles. The summed E-state index contributed by atoms with van der Waals surface area (Å²) in [6.07, 6.45) is 0. The Morgan fingerprint density at radius 3 is 1.13 bits per heavy atom. The first kappa shape index (κ1) is 32.0. The Bertz CT molecular complexity index is 2910. The van der Waals surface area contributed by atoms with Gasteiger partial charge in [-0.2, -0.15) is 0 Å². The van der Waals surface area contributed by atoms with Gasteiger partial charge in [0.15, 0.2) is 34.9 Å². The fourth-order valence-electron chi connectivity index (χ4n) is 6.86. The highest BCUT2D eigenvalue weighted by Crippen LogP contribution is 2.35. The molecule has 0 amide bonds. The summed E-state index contributed by atoms with van der Waals surface area (Å²) >= 11 is 0. The van der Waals surface area contributed by atoms with Crippen molar-refractivity contribution in [3.8, 4) is 79.5 Å². The lowest BCUT2D eigenvalue weighted by atomic mass is 10.0. The second kappa shape index (κ2) is 13.7. The van der Waals surface area contributed by atoms with Crippen molar-refractivity contribution < 1.29 is 4.42 Å². The van der Waals surface area contributed by atoms with Crippen molar-refractivity contribution >= 4 is 21.9 Å². The minimum atomic E-state index is 0.516. The summed E-state index contributed by atoms with van der Waals surface area (Å²) in [5.41, 5.74) is 8.99. The monoisotopic (exact) mass is 706 g/mol. The van der Waals surface area contributed by atoms with Gasteiger partial charge in [0.2, 0.25) is 0 Å². The third-order valence-corrected chi connectivity index (χ3v) is 9.63. The number of furan rings is 1. The zero-order valence-electron chi connectivity index (χ0n) is 29.4. The molecule has 7 heteroatoms. The summed E-state index contributed by atoms with van der Waals surface area (Å²) in [6.45, 7) is 0. The van der Waals surface area contributed by atoms with E-state index in [4.69, 9.17) is 34.3 Å². The van der Waals surface area contributed by atoms with Crippen molar-refractivity contribution in [1.29, 1.82) is 0 Å². The van der Waals surface area contributed by atoms with Crippen molar-refractivity contribution in [2.24, 2.45) is 0 Å². The van der Waals surface area contributed by atoms with Gasteiger partial charge in [0.1, 0.15) is 11.2 Å². The number of aromatic nitrogens is 6. The fourth-order valence-corrected chi connectivity index (χ4v) is 6.86. The molecule has 3 heterocycles. The number of hydrogen-bond donors (Lipinski definition) is 0. The van der Waals surface area contributed by atoms with Crippen molar-refractivity contribution in [2.45, 2.75) is 0 Å². The lowest BCUT2D eigenvalue weighted by Gasteiger charge is -2.13. The Morgan fingerprint density at radius 2 is 0.618 bits per heavy atom. The Kier molecular flexibility index (Phi) is 8.00. The fraction of sp³-hybridized carbons (Fsp3) is 0. The lowest BCUT2D eigenvalue weighted by Crippen LogP contribution is -2.03. The molecule has 10 rings (SSSR count). The van der Waals surface area contributed by atoms with Gasteiger partial charge in [-0.3, -0.25) is 0 Å². The molecule has 0 aliphatic rings. The van der Waals surface area contributed by atoms with Crippen LogP contribution in [-0.4, -0.2) is 29.9 Å². The maximum atomic E-state index is 6.18. The summed E-state index contributed by atoms with van der Waals surface area (Å²) in [5, 5.41) is 2.22. The normalized spacial score (nSPS) is 11.3. The first-order chi connectivity index (χ1) is 27.2. The molecule has 0 atom stereocenters. The molecule has 0 saturated carbocycles. The largest absolute Gasteiger partial charge is 0.456 e. The van der Waals surface area contributed by atoms with Gasteiger partial charge in [-0.1, -0.05) is 164 Å². The number of benzene rings is 7. The number of rotatable bonds is 7. The van der Waals surface area contributed by atoms with E-state index in [1.807, 2.05) is 133 Å². The molecule has 0 bridgehead atoms. The molecule has 0 N–H and O–H groups in total. The number of para-hydroxylation sites is 1. The van der Waals surface area contributed by atoms with E-state index in [9.17, 15) is 0 Å². The standard InChI is InChI=1S/C48H30N6O/c1-4-14-32(15-5-1)43-49-44(33-16-6-2-7-17-33)52-47(51-43)39-21-10-11-22-40(39)48-53-45(34-18-8-3-9-19-34)50-46(54-48)35-26-24-31(25-27-35)36-28-29-38-37-20-12-13-23-41(37)55-42(38)30-36/h1-30H. The van der Waals surface area contributed by atoms with Crippen LogP contribution in [0.3, 0.4) is 0 Å². The van der Waals surface area contributed by atoms with Crippen LogP contribution in [0.4, 0.5) is 0 Å². The van der Waals surface area contributed by atoms with Gasteiger partial charge >= 0.3 is 0 Å². The average molecular weight is 707 g/mol. The van der Waals surface area contributed by atoms with Gasteiger partial charge < -0.3 is 4.42 Å². The minimum Gasteiger partial charge on any atom is -0.456 e. The smallest absolute Gasteiger partial charge is 0.164 e. The van der Waals surface area contributed by atoms with Crippen LogP contribution < -0.4 is 0 Å². The molecule has 55 heavy (non-hydrogen) atoms. The van der Waals surface area contributed by atoms with Crippen LogP contribution >= 0.6 is 0 Å². The van der Waals surface area contributed by atoms with Crippen LogP contribution in [0.5, 0.6) is 0 Å². The van der Waals surface area contributed by atoms with E-state index in [-0.39, 0.29) is 0 Å². The molecule has 10 aromatic rings. The summed E-state index contributed by atoms with van der Waals surface area (Å²) in [5.74, 6) is 3.34. The van der Waals surface area contributed by atoms with Crippen molar-refractivity contribution in [2.75, 3.05) is 0 Å². The zero-order chi connectivity index (χ0) is 36.6. The molecular formula is C48H30N6O. The highest BCUT2D eigenvalue weighted by atomic mass is 16.3. The second-order valence-corrected chi connectivity index (χ2v) is 13.1. The van der Waals surface area contributed by atoms with Crippen LogP contribution in [0.1, 0.15) is 0 Å². The lowest BCUT2D eigenvalue weighted by molar-refractivity contribution is 0.669. The molecule has 0 radical (unpaired) electrons. The van der Waals surface area contributed by atoms with Gasteiger partial charge in [-0.15, -0.1) is 0 Å². The summed E-state index contributed by atoms with van der Waals surface area (Å²) in [4.78, 5) is 30.1. The van der Waals surface area contributed by atoms with Crippen LogP contribution in [0.25, 0.3) is 101 Å². The van der Waals surface area contributed by atoms with E-state index in [1.54, 1.807) is 0 Å². The Morgan fingerprint density at radius 1 is 0.255 bits per heavy atom. The van der Waals surface area contributed by atoms with E-state index in [2.05, 4.69) is 48.5 Å². The summed E-state index contributed by atoms with van der Waals surface area (Å²) in [7, 11) is 0. The molecule has 7 nitrogen and oxygen atoms in total. The third-order valence-electron chi connectivity index (χ3n) is 9.63. The number of fused-ring (bicyclic) bond motifs is 3. The summed E-state index contributed by atoms with van der Waals surface area (Å²) in [6, 6.07) is 60.7. The molecule has 0 fully saturated rings. The Balaban J connectivity index is 1.09. The van der Waals surface area contributed by atoms with Crippen molar-refractivity contribution in [3.05, 3.63) is 182 Å². The van der Waals surface area contributed by atoms with Gasteiger partial charge in [-0.05, 0) is 29.3 Å². The van der Waals surface area contributed by atoms with E-state index in [1.165, 1.54) is 0 Å². The van der Waals surface area contributed by atoms with Gasteiger partial charge in [0.05, 0.1) is 0 Å². The predicted octanol–water partition coefficient (Wildman–Crippen LogP) is 11.6. The molecular weight excluding hydrogens is 677 g/mol. The van der Waals surface area contributed by atoms with Crippen LogP contribution in [0, 0.1) is 0 Å². The Labute approximate surface area is 316 Å². The van der Waals surface area contributed by atoms with Gasteiger partial charge in [0, 0.05) is 44.2 Å². The van der Waals surface area contributed by atoms with Crippen LogP contribution in [0.15, 0.2) is 186 Å². The van der Waals surface area contributed by atoms with E-state index in [0.717, 1.165) is 66.4 Å². The molecule has 0 saturated heterocycles. The van der Waals surface area contributed by atoms with Gasteiger partial charge in [-0.25, -0.2) is 29.9 Å².